The Morgan fingerprint density at radius 3 is 1.97 bits per heavy atom. The predicted molar refractivity (Wildman–Crippen MR) is 136 cm³/mol. The van der Waals surface area contributed by atoms with Gasteiger partial charge in [0.1, 0.15) is 10.6 Å². The van der Waals surface area contributed by atoms with Crippen molar-refractivity contribution in [3.63, 3.8) is 0 Å². The highest BCUT2D eigenvalue weighted by Gasteiger charge is 2.29. The van der Waals surface area contributed by atoms with Gasteiger partial charge in [-0.1, -0.05) is 12.1 Å². The second-order valence-corrected chi connectivity index (χ2v) is 10.1. The van der Waals surface area contributed by atoms with Crippen molar-refractivity contribution < 1.29 is 24.2 Å². The number of rotatable bonds is 7. The summed E-state index contributed by atoms with van der Waals surface area (Å²) in [6.07, 6.45) is -2.11. The van der Waals surface area contributed by atoms with Crippen molar-refractivity contribution in [2.24, 2.45) is 0 Å². The minimum absolute atomic E-state index is 0.0727. The van der Waals surface area contributed by atoms with E-state index in [1.165, 1.54) is 33.3 Å². The zero-order valence-corrected chi connectivity index (χ0v) is 20.8. The van der Waals surface area contributed by atoms with E-state index in [1.807, 2.05) is 38.1 Å². The fourth-order valence-electron chi connectivity index (χ4n) is 4.34. The van der Waals surface area contributed by atoms with Gasteiger partial charge in [0.25, 0.3) is 0 Å². The standard InChI is InChI=1S/C26H28FN3O4S/c1-15(2)28(25(31)32)13-19-20(14-29(16(3)4)26(33)34)24-30(21-7-5-6-8-22(21)35-24)23(19)17-9-11-18(27)12-10-17/h5-12,15-16H,13-14H2,1-4H3,(H,31,32)(H,33,34). The number of carboxylic acid groups (broad SMARTS) is 2. The smallest absolute Gasteiger partial charge is 0.407 e. The molecule has 0 radical (unpaired) electrons. The molecular weight excluding hydrogens is 469 g/mol. The van der Waals surface area contributed by atoms with Crippen molar-refractivity contribution in [2.75, 3.05) is 0 Å². The summed E-state index contributed by atoms with van der Waals surface area (Å²) >= 11 is 1.53. The van der Waals surface area contributed by atoms with Gasteiger partial charge in [-0.05, 0) is 69.7 Å². The molecular formula is C26H28FN3O4S. The molecule has 35 heavy (non-hydrogen) atoms. The van der Waals surface area contributed by atoms with E-state index in [0.29, 0.717) is 0 Å². The van der Waals surface area contributed by atoms with Crippen molar-refractivity contribution in [2.45, 2.75) is 52.9 Å². The quantitative estimate of drug-likeness (QED) is 0.296. The van der Waals surface area contributed by atoms with Crippen LogP contribution >= 0.6 is 11.3 Å². The second kappa shape index (κ2) is 9.58. The van der Waals surface area contributed by atoms with Crippen LogP contribution < -0.4 is 0 Å². The lowest BCUT2D eigenvalue weighted by molar-refractivity contribution is 0.124. The van der Waals surface area contributed by atoms with E-state index in [1.54, 1.807) is 26.0 Å². The van der Waals surface area contributed by atoms with Crippen LogP contribution in [0.4, 0.5) is 14.0 Å². The average Bonchev–Trinajstić information content (AvgIpc) is 3.29. The Morgan fingerprint density at radius 2 is 1.43 bits per heavy atom. The molecule has 0 bridgehead atoms. The lowest BCUT2D eigenvalue weighted by Gasteiger charge is -2.27. The van der Waals surface area contributed by atoms with E-state index < -0.39 is 12.2 Å². The fraction of sp³-hybridized carbons (Fsp3) is 0.308. The summed E-state index contributed by atoms with van der Waals surface area (Å²) in [5, 5.41) is 19.8. The summed E-state index contributed by atoms with van der Waals surface area (Å²) in [6, 6.07) is 13.4. The van der Waals surface area contributed by atoms with E-state index in [9.17, 15) is 24.2 Å². The van der Waals surface area contributed by atoms with Gasteiger partial charge in [-0.3, -0.25) is 4.40 Å². The molecule has 7 nitrogen and oxygen atoms in total. The highest BCUT2D eigenvalue weighted by Crippen LogP contribution is 2.41. The Balaban J connectivity index is 2.08. The molecule has 0 aliphatic heterocycles. The fourth-order valence-corrected chi connectivity index (χ4v) is 5.55. The number of hydrogen-bond acceptors (Lipinski definition) is 3. The highest BCUT2D eigenvalue weighted by atomic mass is 32.1. The lowest BCUT2D eigenvalue weighted by atomic mass is 10.0. The average molecular weight is 498 g/mol. The molecule has 2 heterocycles. The third-order valence-electron chi connectivity index (χ3n) is 6.16. The van der Waals surface area contributed by atoms with Gasteiger partial charge >= 0.3 is 12.2 Å². The molecule has 4 rings (SSSR count). The first-order chi connectivity index (χ1) is 16.6. The monoisotopic (exact) mass is 497 g/mol. The molecule has 0 atom stereocenters. The Kier molecular flexibility index (Phi) is 6.71. The number of halogens is 1. The minimum atomic E-state index is -1.06. The molecule has 0 saturated heterocycles. The Hall–Kier alpha value is -3.59. The van der Waals surface area contributed by atoms with Gasteiger partial charge in [-0.25, -0.2) is 14.0 Å². The van der Waals surface area contributed by atoms with E-state index in [2.05, 4.69) is 4.40 Å². The highest BCUT2D eigenvalue weighted by molar-refractivity contribution is 7.24. The molecule has 184 valence electrons. The second-order valence-electron chi connectivity index (χ2n) is 9.03. The molecule has 0 spiro atoms. The normalized spacial score (nSPS) is 11.6. The van der Waals surface area contributed by atoms with Crippen LogP contribution in [0.25, 0.3) is 26.3 Å². The molecule has 9 heteroatoms. The zero-order chi connectivity index (χ0) is 25.4. The molecule has 2 aromatic carbocycles. The number of fused-ring (bicyclic) bond motifs is 3. The van der Waals surface area contributed by atoms with Crippen molar-refractivity contribution in [3.8, 4) is 11.3 Å². The van der Waals surface area contributed by atoms with Crippen LogP contribution in [0.1, 0.15) is 38.8 Å². The molecule has 0 saturated carbocycles. The summed E-state index contributed by atoms with van der Waals surface area (Å²) in [7, 11) is 0. The first-order valence-corrected chi connectivity index (χ1v) is 12.2. The van der Waals surface area contributed by atoms with Crippen LogP contribution in [-0.4, -0.2) is 48.7 Å². The molecule has 0 aliphatic rings. The van der Waals surface area contributed by atoms with Crippen LogP contribution in [0.15, 0.2) is 48.5 Å². The molecule has 2 amide bonds. The Bertz CT molecular complexity index is 1390. The van der Waals surface area contributed by atoms with Crippen molar-refractivity contribution in [3.05, 3.63) is 65.5 Å². The van der Waals surface area contributed by atoms with E-state index in [0.717, 1.165) is 37.4 Å². The van der Waals surface area contributed by atoms with Gasteiger partial charge in [0.05, 0.1) is 29.0 Å². The summed E-state index contributed by atoms with van der Waals surface area (Å²) in [5.41, 5.74) is 3.88. The number of carbonyl (C=O) groups is 2. The first-order valence-electron chi connectivity index (χ1n) is 11.4. The van der Waals surface area contributed by atoms with E-state index in [-0.39, 0.29) is 31.0 Å². The number of aromatic nitrogens is 1. The summed E-state index contributed by atoms with van der Waals surface area (Å²) in [4.78, 5) is 27.7. The molecule has 4 aromatic rings. The SMILES string of the molecule is CC(C)N(Cc1c(CN(C(=O)O)C(C)C)c2sc3ccccc3n2c1-c1ccc(F)cc1)C(=O)O. The van der Waals surface area contributed by atoms with Gasteiger partial charge in [0, 0.05) is 23.2 Å². The zero-order valence-electron chi connectivity index (χ0n) is 20.0. The maximum atomic E-state index is 13.8. The molecule has 2 N–H and O–H groups in total. The third-order valence-corrected chi connectivity index (χ3v) is 7.35. The third kappa shape index (κ3) is 4.55. The maximum Gasteiger partial charge on any atom is 0.407 e. The van der Waals surface area contributed by atoms with Crippen LogP contribution in [0.3, 0.4) is 0 Å². The van der Waals surface area contributed by atoms with Crippen LogP contribution in [0, 0.1) is 5.82 Å². The maximum absolute atomic E-state index is 13.8. The van der Waals surface area contributed by atoms with E-state index >= 15 is 0 Å². The molecule has 0 unspecified atom stereocenters. The number of nitrogens with zero attached hydrogens (tertiary/aromatic N) is 3. The van der Waals surface area contributed by atoms with Gasteiger partial charge in [-0.2, -0.15) is 0 Å². The van der Waals surface area contributed by atoms with Crippen molar-refractivity contribution in [1.29, 1.82) is 0 Å². The molecule has 2 aromatic heterocycles. The Labute approximate surface area is 206 Å². The van der Waals surface area contributed by atoms with Crippen molar-refractivity contribution in [1.82, 2.24) is 14.2 Å². The molecule has 0 aliphatic carbocycles. The number of amides is 2. The predicted octanol–water partition coefficient (Wildman–Crippen LogP) is 6.74. The Morgan fingerprint density at radius 1 is 0.886 bits per heavy atom. The largest absolute Gasteiger partial charge is 0.465 e. The lowest BCUT2D eigenvalue weighted by Crippen LogP contribution is -2.37. The van der Waals surface area contributed by atoms with Crippen LogP contribution in [-0.2, 0) is 13.1 Å². The number of thiazole rings is 1. The summed E-state index contributed by atoms with van der Waals surface area (Å²) in [5.74, 6) is -0.371. The number of para-hydroxylation sites is 1. The number of hydrogen-bond donors (Lipinski definition) is 2. The minimum Gasteiger partial charge on any atom is -0.465 e. The van der Waals surface area contributed by atoms with E-state index in [4.69, 9.17) is 0 Å². The van der Waals surface area contributed by atoms with Crippen molar-refractivity contribution >= 4 is 38.6 Å². The van der Waals surface area contributed by atoms with Gasteiger partial charge in [-0.15, -0.1) is 11.3 Å². The first kappa shape index (κ1) is 24.5. The topological polar surface area (TPSA) is 85.5 Å². The van der Waals surface area contributed by atoms with Gasteiger partial charge < -0.3 is 20.0 Å². The van der Waals surface area contributed by atoms with Gasteiger partial charge in [0.15, 0.2) is 0 Å². The van der Waals surface area contributed by atoms with Crippen LogP contribution in [0.2, 0.25) is 0 Å². The summed E-state index contributed by atoms with van der Waals surface area (Å²) < 4.78 is 16.9. The van der Waals surface area contributed by atoms with Gasteiger partial charge in [0.2, 0.25) is 0 Å². The molecule has 0 fully saturated rings. The number of benzene rings is 2. The van der Waals surface area contributed by atoms with Crippen LogP contribution in [0.5, 0.6) is 0 Å². The summed E-state index contributed by atoms with van der Waals surface area (Å²) in [6.45, 7) is 7.40.